The van der Waals surface area contributed by atoms with E-state index in [-0.39, 0.29) is 23.9 Å². The van der Waals surface area contributed by atoms with Crippen molar-refractivity contribution < 1.29 is 9.59 Å². The number of nitrogens with one attached hydrogen (secondary N) is 2. The predicted molar refractivity (Wildman–Crippen MR) is 57.1 cm³/mol. The number of hydrogen-bond donors (Lipinski definition) is 3. The maximum Gasteiger partial charge on any atom is 0.239 e. The third kappa shape index (κ3) is 3.87. The molecule has 0 aromatic rings. The molecule has 4 N–H and O–H groups in total. The molecule has 0 radical (unpaired) electrons. The molecule has 2 amide bonds. The molecule has 0 bridgehead atoms. The Kier molecular flexibility index (Phi) is 4.08. The molecule has 1 rings (SSSR count). The first-order valence-electron chi connectivity index (χ1n) is 5.38. The van der Waals surface area contributed by atoms with Gasteiger partial charge >= 0.3 is 0 Å². The molecule has 86 valence electrons. The molecule has 0 aromatic heterocycles. The van der Waals surface area contributed by atoms with Crippen molar-refractivity contribution in [3.05, 3.63) is 0 Å². The van der Waals surface area contributed by atoms with E-state index in [1.165, 1.54) is 0 Å². The zero-order chi connectivity index (χ0) is 11.3. The zero-order valence-corrected chi connectivity index (χ0v) is 9.14. The molecule has 5 heteroatoms. The minimum Gasteiger partial charge on any atom is -0.355 e. The van der Waals surface area contributed by atoms with Gasteiger partial charge in [0.25, 0.3) is 0 Å². The standard InChI is InChI=1S/C10H19N3O2/c1-2-12-9(15)7-13-8(14)6-10(11)4-3-5-10/h2-7,11H2,1H3,(H,12,15)(H,13,14). The number of likely N-dealkylation sites (N-methyl/N-ethyl adjacent to an activating group) is 1. The Labute approximate surface area is 89.8 Å². The van der Waals surface area contributed by atoms with Gasteiger partial charge in [-0.3, -0.25) is 9.59 Å². The normalized spacial score (nSPS) is 17.7. The molecule has 1 aliphatic carbocycles. The van der Waals surface area contributed by atoms with Gasteiger partial charge in [0.15, 0.2) is 0 Å². The lowest BCUT2D eigenvalue weighted by atomic mass is 9.75. The van der Waals surface area contributed by atoms with Crippen molar-refractivity contribution in [2.75, 3.05) is 13.1 Å². The second-order valence-corrected chi connectivity index (χ2v) is 4.12. The van der Waals surface area contributed by atoms with Crippen molar-refractivity contribution in [2.24, 2.45) is 5.73 Å². The molecule has 1 fully saturated rings. The molecule has 1 saturated carbocycles. The first-order chi connectivity index (χ1) is 7.06. The third-order valence-electron chi connectivity index (χ3n) is 2.68. The van der Waals surface area contributed by atoms with Crippen molar-refractivity contribution in [3.63, 3.8) is 0 Å². The summed E-state index contributed by atoms with van der Waals surface area (Å²) in [6.45, 7) is 2.46. The molecule has 0 atom stereocenters. The summed E-state index contributed by atoms with van der Waals surface area (Å²) < 4.78 is 0. The fourth-order valence-electron chi connectivity index (χ4n) is 1.63. The van der Waals surface area contributed by atoms with Crippen LogP contribution in [0.5, 0.6) is 0 Å². The molecular formula is C10H19N3O2. The van der Waals surface area contributed by atoms with Gasteiger partial charge < -0.3 is 16.4 Å². The number of hydrogen-bond acceptors (Lipinski definition) is 3. The van der Waals surface area contributed by atoms with Crippen LogP contribution in [0.1, 0.15) is 32.6 Å². The van der Waals surface area contributed by atoms with Crippen LogP contribution in [0.4, 0.5) is 0 Å². The van der Waals surface area contributed by atoms with E-state index >= 15 is 0 Å². The first kappa shape index (κ1) is 12.0. The van der Waals surface area contributed by atoms with Crippen LogP contribution in [0.2, 0.25) is 0 Å². The Balaban J connectivity index is 2.16. The van der Waals surface area contributed by atoms with Gasteiger partial charge in [0.2, 0.25) is 11.8 Å². The van der Waals surface area contributed by atoms with E-state index in [0.717, 1.165) is 19.3 Å². The van der Waals surface area contributed by atoms with E-state index in [2.05, 4.69) is 10.6 Å². The van der Waals surface area contributed by atoms with Gasteiger partial charge in [0.05, 0.1) is 6.54 Å². The van der Waals surface area contributed by atoms with E-state index in [4.69, 9.17) is 5.73 Å². The number of carbonyl (C=O) groups excluding carboxylic acids is 2. The van der Waals surface area contributed by atoms with E-state index in [1.54, 1.807) is 0 Å². The summed E-state index contributed by atoms with van der Waals surface area (Å²) in [5.41, 5.74) is 5.59. The Bertz CT molecular complexity index is 249. The summed E-state index contributed by atoms with van der Waals surface area (Å²) in [6.07, 6.45) is 3.23. The summed E-state index contributed by atoms with van der Waals surface area (Å²) >= 11 is 0. The van der Waals surface area contributed by atoms with Crippen molar-refractivity contribution in [3.8, 4) is 0 Å². The minimum atomic E-state index is -0.314. The molecule has 0 unspecified atom stereocenters. The summed E-state index contributed by atoms with van der Waals surface area (Å²) in [4.78, 5) is 22.4. The van der Waals surface area contributed by atoms with Crippen molar-refractivity contribution >= 4 is 11.8 Å². The van der Waals surface area contributed by atoms with Crippen LogP contribution >= 0.6 is 0 Å². The Morgan fingerprint density at radius 3 is 2.40 bits per heavy atom. The first-order valence-corrected chi connectivity index (χ1v) is 5.38. The topological polar surface area (TPSA) is 84.2 Å². The van der Waals surface area contributed by atoms with Crippen LogP contribution in [0, 0.1) is 0 Å². The fourth-order valence-corrected chi connectivity index (χ4v) is 1.63. The van der Waals surface area contributed by atoms with Crippen LogP contribution in [0.15, 0.2) is 0 Å². The smallest absolute Gasteiger partial charge is 0.239 e. The van der Waals surface area contributed by atoms with E-state index in [9.17, 15) is 9.59 Å². The van der Waals surface area contributed by atoms with Gasteiger partial charge in [0, 0.05) is 18.5 Å². The molecule has 5 nitrogen and oxygen atoms in total. The molecule has 0 heterocycles. The zero-order valence-electron chi connectivity index (χ0n) is 9.14. The van der Waals surface area contributed by atoms with Crippen LogP contribution < -0.4 is 16.4 Å². The highest BCUT2D eigenvalue weighted by Crippen LogP contribution is 2.31. The highest BCUT2D eigenvalue weighted by atomic mass is 16.2. The summed E-state index contributed by atoms with van der Waals surface area (Å²) in [6, 6.07) is 0. The number of amides is 2. The van der Waals surface area contributed by atoms with E-state index in [0.29, 0.717) is 13.0 Å². The minimum absolute atomic E-state index is 0.0444. The molecule has 0 aromatic carbocycles. The van der Waals surface area contributed by atoms with Crippen molar-refractivity contribution in [1.82, 2.24) is 10.6 Å². The van der Waals surface area contributed by atoms with Gasteiger partial charge in [-0.1, -0.05) is 0 Å². The Morgan fingerprint density at radius 1 is 1.27 bits per heavy atom. The van der Waals surface area contributed by atoms with Gasteiger partial charge in [0.1, 0.15) is 0 Å². The summed E-state index contributed by atoms with van der Waals surface area (Å²) in [5.74, 6) is -0.297. The lowest BCUT2D eigenvalue weighted by Crippen LogP contribution is -2.50. The number of rotatable bonds is 5. The summed E-state index contributed by atoms with van der Waals surface area (Å²) in [7, 11) is 0. The maximum atomic E-state index is 11.4. The molecule has 15 heavy (non-hydrogen) atoms. The highest BCUT2D eigenvalue weighted by Gasteiger charge is 2.34. The number of nitrogens with two attached hydrogens (primary N) is 1. The summed E-state index contributed by atoms with van der Waals surface area (Å²) in [5, 5.41) is 5.17. The lowest BCUT2D eigenvalue weighted by molar-refractivity contribution is -0.127. The van der Waals surface area contributed by atoms with Gasteiger partial charge in [-0.15, -0.1) is 0 Å². The van der Waals surface area contributed by atoms with Gasteiger partial charge in [-0.25, -0.2) is 0 Å². The van der Waals surface area contributed by atoms with Gasteiger partial charge in [-0.2, -0.15) is 0 Å². The van der Waals surface area contributed by atoms with Crippen LogP contribution in [0.3, 0.4) is 0 Å². The van der Waals surface area contributed by atoms with Gasteiger partial charge in [-0.05, 0) is 26.2 Å². The SMILES string of the molecule is CCNC(=O)CNC(=O)CC1(N)CCC1. The van der Waals surface area contributed by atoms with E-state index < -0.39 is 0 Å². The largest absolute Gasteiger partial charge is 0.355 e. The quantitative estimate of drug-likeness (QED) is 0.576. The fraction of sp³-hybridized carbons (Fsp3) is 0.800. The molecule has 1 aliphatic rings. The molecule has 0 spiro atoms. The highest BCUT2D eigenvalue weighted by molar-refractivity contribution is 5.85. The molecule has 0 aliphatic heterocycles. The second kappa shape index (κ2) is 5.11. The van der Waals surface area contributed by atoms with Crippen LogP contribution in [-0.4, -0.2) is 30.4 Å². The average molecular weight is 213 g/mol. The van der Waals surface area contributed by atoms with Crippen LogP contribution in [0.25, 0.3) is 0 Å². The molecule has 0 saturated heterocycles. The maximum absolute atomic E-state index is 11.4. The number of carbonyl (C=O) groups is 2. The molecular weight excluding hydrogens is 194 g/mol. The second-order valence-electron chi connectivity index (χ2n) is 4.12. The third-order valence-corrected chi connectivity index (χ3v) is 2.68. The van der Waals surface area contributed by atoms with Crippen LogP contribution in [-0.2, 0) is 9.59 Å². The Morgan fingerprint density at radius 2 is 1.93 bits per heavy atom. The Hall–Kier alpha value is -1.10. The van der Waals surface area contributed by atoms with Crippen molar-refractivity contribution in [1.29, 1.82) is 0 Å². The van der Waals surface area contributed by atoms with Crippen molar-refractivity contribution in [2.45, 2.75) is 38.1 Å². The average Bonchev–Trinajstić information content (AvgIpc) is 2.13. The monoisotopic (exact) mass is 213 g/mol. The van der Waals surface area contributed by atoms with E-state index in [1.807, 2.05) is 6.92 Å². The lowest BCUT2D eigenvalue weighted by Gasteiger charge is -2.37. The predicted octanol–water partition coefficient (Wildman–Crippen LogP) is -0.490.